The Kier molecular flexibility index (Phi) is 5.87. The first-order valence-electron chi connectivity index (χ1n) is 8.52. The Bertz CT molecular complexity index is 464. The highest BCUT2D eigenvalue weighted by atomic mass is 16.5. The van der Waals surface area contributed by atoms with Gasteiger partial charge in [-0.15, -0.1) is 0 Å². The van der Waals surface area contributed by atoms with E-state index in [4.69, 9.17) is 4.74 Å². The third kappa shape index (κ3) is 4.99. The van der Waals surface area contributed by atoms with Crippen LogP contribution in [0, 0.1) is 6.92 Å². The molecule has 0 aromatic heterocycles. The van der Waals surface area contributed by atoms with Crippen molar-refractivity contribution in [3.05, 3.63) is 29.8 Å². The van der Waals surface area contributed by atoms with Crippen LogP contribution in [0.5, 0.6) is 0 Å². The Morgan fingerprint density at radius 3 is 2.59 bits per heavy atom. The standard InChI is InChI=1S/C19H32N2O/c1-15-7-6-8-18(13-15)21-11-9-17(10-12-21)20-16(2)14-19(3,4)22-5/h6-8,13,16-17,20H,9-12,14H2,1-5H3. The van der Waals surface area contributed by atoms with Gasteiger partial charge in [0.2, 0.25) is 0 Å². The molecule has 2 rings (SSSR count). The maximum absolute atomic E-state index is 5.54. The maximum atomic E-state index is 5.54. The molecule has 124 valence electrons. The van der Waals surface area contributed by atoms with Gasteiger partial charge in [0.1, 0.15) is 0 Å². The molecule has 0 radical (unpaired) electrons. The van der Waals surface area contributed by atoms with Gasteiger partial charge >= 0.3 is 0 Å². The second-order valence-corrected chi connectivity index (χ2v) is 7.34. The number of nitrogens with one attached hydrogen (secondary N) is 1. The van der Waals surface area contributed by atoms with E-state index in [0.29, 0.717) is 12.1 Å². The predicted octanol–water partition coefficient (Wildman–Crippen LogP) is 3.76. The van der Waals surface area contributed by atoms with Crippen LogP contribution in [0.25, 0.3) is 0 Å². The summed E-state index contributed by atoms with van der Waals surface area (Å²) in [5, 5.41) is 3.79. The number of ether oxygens (including phenoxy) is 1. The quantitative estimate of drug-likeness (QED) is 0.866. The number of aryl methyl sites for hydroxylation is 1. The number of anilines is 1. The predicted molar refractivity (Wildman–Crippen MR) is 94.7 cm³/mol. The van der Waals surface area contributed by atoms with Crippen molar-refractivity contribution in [3.8, 4) is 0 Å². The molecule has 3 heteroatoms. The molecule has 0 aliphatic carbocycles. The summed E-state index contributed by atoms with van der Waals surface area (Å²) < 4.78 is 5.54. The fourth-order valence-electron chi connectivity index (χ4n) is 3.41. The normalized spacial score (nSPS) is 18.5. The van der Waals surface area contributed by atoms with E-state index < -0.39 is 0 Å². The van der Waals surface area contributed by atoms with Crippen molar-refractivity contribution in [3.63, 3.8) is 0 Å². The molecule has 1 aromatic carbocycles. The van der Waals surface area contributed by atoms with Crippen LogP contribution in [0.15, 0.2) is 24.3 Å². The van der Waals surface area contributed by atoms with Crippen LogP contribution in [-0.2, 0) is 4.74 Å². The van der Waals surface area contributed by atoms with Gasteiger partial charge in [-0.3, -0.25) is 0 Å². The van der Waals surface area contributed by atoms with Gasteiger partial charge in [-0.05, 0) is 64.7 Å². The van der Waals surface area contributed by atoms with Crippen molar-refractivity contribution >= 4 is 5.69 Å². The summed E-state index contributed by atoms with van der Waals surface area (Å²) in [4.78, 5) is 2.51. The molecule has 22 heavy (non-hydrogen) atoms. The largest absolute Gasteiger partial charge is 0.379 e. The van der Waals surface area contributed by atoms with E-state index in [1.165, 1.54) is 24.1 Å². The highest BCUT2D eigenvalue weighted by Gasteiger charge is 2.24. The first-order chi connectivity index (χ1) is 10.4. The van der Waals surface area contributed by atoms with Crippen LogP contribution in [-0.4, -0.2) is 37.9 Å². The monoisotopic (exact) mass is 304 g/mol. The van der Waals surface area contributed by atoms with Gasteiger partial charge < -0.3 is 15.0 Å². The molecule has 0 amide bonds. The number of rotatable bonds is 6. The van der Waals surface area contributed by atoms with E-state index in [2.05, 4.69) is 62.2 Å². The number of methoxy groups -OCH3 is 1. The fraction of sp³-hybridized carbons (Fsp3) is 0.684. The fourth-order valence-corrected chi connectivity index (χ4v) is 3.41. The summed E-state index contributed by atoms with van der Waals surface area (Å²) in [5.74, 6) is 0. The van der Waals surface area contributed by atoms with Crippen molar-refractivity contribution in [1.82, 2.24) is 5.32 Å². The number of hydrogen-bond acceptors (Lipinski definition) is 3. The SMILES string of the molecule is COC(C)(C)CC(C)NC1CCN(c2cccc(C)c2)CC1. The Labute approximate surface area is 136 Å². The molecule has 0 bridgehead atoms. The average Bonchev–Trinajstić information content (AvgIpc) is 2.47. The van der Waals surface area contributed by atoms with E-state index in [0.717, 1.165) is 19.5 Å². The van der Waals surface area contributed by atoms with Gasteiger partial charge in [0.25, 0.3) is 0 Å². The summed E-state index contributed by atoms with van der Waals surface area (Å²) in [6, 6.07) is 9.96. The third-order valence-electron chi connectivity index (χ3n) is 4.73. The smallest absolute Gasteiger partial charge is 0.0637 e. The van der Waals surface area contributed by atoms with Gasteiger partial charge in [-0.25, -0.2) is 0 Å². The van der Waals surface area contributed by atoms with Gasteiger partial charge in [0.15, 0.2) is 0 Å². The number of benzene rings is 1. The highest BCUT2D eigenvalue weighted by molar-refractivity contribution is 5.48. The molecule has 0 saturated carbocycles. The zero-order valence-corrected chi connectivity index (χ0v) is 14.9. The van der Waals surface area contributed by atoms with E-state index in [1.54, 1.807) is 7.11 Å². The maximum Gasteiger partial charge on any atom is 0.0637 e. The Morgan fingerprint density at radius 2 is 2.00 bits per heavy atom. The van der Waals surface area contributed by atoms with Crippen molar-refractivity contribution < 1.29 is 4.74 Å². The summed E-state index contributed by atoms with van der Waals surface area (Å²) in [7, 11) is 1.80. The molecule has 0 spiro atoms. The average molecular weight is 304 g/mol. The minimum atomic E-state index is -0.0469. The molecular weight excluding hydrogens is 272 g/mol. The Hall–Kier alpha value is -1.06. The van der Waals surface area contributed by atoms with E-state index >= 15 is 0 Å². The number of hydrogen-bond donors (Lipinski definition) is 1. The summed E-state index contributed by atoms with van der Waals surface area (Å²) in [6.07, 6.45) is 3.47. The van der Waals surface area contributed by atoms with Crippen LogP contribution in [0.3, 0.4) is 0 Å². The molecule has 1 N–H and O–H groups in total. The zero-order valence-electron chi connectivity index (χ0n) is 14.9. The second kappa shape index (κ2) is 7.47. The molecular formula is C19H32N2O. The van der Waals surface area contributed by atoms with Gasteiger partial charge in [-0.1, -0.05) is 12.1 Å². The van der Waals surface area contributed by atoms with Crippen LogP contribution in [0.1, 0.15) is 45.6 Å². The summed E-state index contributed by atoms with van der Waals surface area (Å²) in [6.45, 7) is 11.0. The van der Waals surface area contributed by atoms with Crippen molar-refractivity contribution in [2.45, 2.75) is 64.6 Å². The Balaban J connectivity index is 1.80. The van der Waals surface area contributed by atoms with Crippen LogP contribution in [0.4, 0.5) is 5.69 Å². The number of nitrogens with zero attached hydrogens (tertiary/aromatic N) is 1. The number of piperidine rings is 1. The highest BCUT2D eigenvalue weighted by Crippen LogP contribution is 2.22. The van der Waals surface area contributed by atoms with Gasteiger partial charge in [0, 0.05) is 38.0 Å². The van der Waals surface area contributed by atoms with E-state index in [9.17, 15) is 0 Å². The van der Waals surface area contributed by atoms with Gasteiger partial charge in [0.05, 0.1) is 5.60 Å². The molecule has 1 saturated heterocycles. The molecule has 1 unspecified atom stereocenters. The van der Waals surface area contributed by atoms with Crippen LogP contribution in [0.2, 0.25) is 0 Å². The zero-order chi connectivity index (χ0) is 16.2. The minimum absolute atomic E-state index is 0.0469. The molecule has 1 aliphatic rings. The first kappa shape index (κ1) is 17.3. The lowest BCUT2D eigenvalue weighted by Crippen LogP contribution is -2.47. The summed E-state index contributed by atoms with van der Waals surface area (Å²) >= 11 is 0. The van der Waals surface area contributed by atoms with E-state index in [1.807, 2.05) is 0 Å². The Morgan fingerprint density at radius 1 is 1.32 bits per heavy atom. The second-order valence-electron chi connectivity index (χ2n) is 7.34. The molecule has 1 aromatic rings. The minimum Gasteiger partial charge on any atom is -0.379 e. The molecule has 1 aliphatic heterocycles. The topological polar surface area (TPSA) is 24.5 Å². The van der Waals surface area contributed by atoms with Crippen molar-refractivity contribution in [2.75, 3.05) is 25.1 Å². The van der Waals surface area contributed by atoms with E-state index in [-0.39, 0.29) is 5.60 Å². The molecule has 3 nitrogen and oxygen atoms in total. The molecule has 1 fully saturated rings. The van der Waals surface area contributed by atoms with Crippen molar-refractivity contribution in [1.29, 1.82) is 0 Å². The molecule has 1 atom stereocenters. The first-order valence-corrected chi connectivity index (χ1v) is 8.52. The lowest BCUT2D eigenvalue weighted by atomic mass is 9.97. The lowest BCUT2D eigenvalue weighted by Gasteiger charge is -2.36. The van der Waals surface area contributed by atoms with Crippen molar-refractivity contribution in [2.24, 2.45) is 0 Å². The summed E-state index contributed by atoms with van der Waals surface area (Å²) in [5.41, 5.74) is 2.66. The van der Waals surface area contributed by atoms with Gasteiger partial charge in [-0.2, -0.15) is 0 Å². The molecule has 1 heterocycles. The third-order valence-corrected chi connectivity index (χ3v) is 4.73. The lowest BCUT2D eigenvalue weighted by molar-refractivity contribution is 0.00744. The van der Waals surface area contributed by atoms with Crippen LogP contribution >= 0.6 is 0 Å². The van der Waals surface area contributed by atoms with Crippen LogP contribution < -0.4 is 10.2 Å².